The van der Waals surface area contributed by atoms with Gasteiger partial charge in [0.2, 0.25) is 4.96 Å². The molecule has 0 saturated heterocycles. The van der Waals surface area contributed by atoms with Crippen molar-refractivity contribution in [1.82, 2.24) is 14.6 Å². The second-order valence-electron chi connectivity index (χ2n) is 6.73. The minimum Gasteiger partial charge on any atom is -0.372 e. The van der Waals surface area contributed by atoms with Crippen molar-refractivity contribution in [1.29, 1.82) is 0 Å². The predicted octanol–water partition coefficient (Wildman–Crippen LogP) is 4.37. The molecule has 0 amide bonds. The quantitative estimate of drug-likeness (QED) is 0.450. The van der Waals surface area contributed by atoms with Crippen LogP contribution in [0.2, 0.25) is 5.02 Å². The molecule has 4 rings (SSSR count). The van der Waals surface area contributed by atoms with E-state index in [4.69, 9.17) is 11.6 Å². The van der Waals surface area contributed by atoms with Gasteiger partial charge in [-0.2, -0.15) is 9.50 Å². The minimum atomic E-state index is -0.151. The third-order valence-electron chi connectivity index (χ3n) is 4.81. The lowest BCUT2D eigenvalue weighted by Gasteiger charge is -2.20. The Morgan fingerprint density at radius 2 is 1.67 bits per heavy atom. The summed E-state index contributed by atoms with van der Waals surface area (Å²) in [5.74, 6) is 0.503. The van der Waals surface area contributed by atoms with E-state index < -0.39 is 0 Å². The monoisotopic (exact) mass is 436 g/mol. The molecule has 7 heteroatoms. The average molecular weight is 437 g/mol. The van der Waals surface area contributed by atoms with Crippen molar-refractivity contribution >= 4 is 51.8 Å². The molecule has 30 heavy (non-hydrogen) atoms. The molecular weight excluding hydrogens is 416 g/mol. The first-order chi connectivity index (χ1) is 14.6. The first kappa shape index (κ1) is 20.3. The van der Waals surface area contributed by atoms with Gasteiger partial charge in [0.15, 0.2) is 5.82 Å². The predicted molar refractivity (Wildman–Crippen MR) is 126 cm³/mol. The van der Waals surface area contributed by atoms with E-state index in [0.717, 1.165) is 24.2 Å². The molecule has 0 radical (unpaired) electrons. The number of benzene rings is 2. The molecule has 0 aliphatic heterocycles. The van der Waals surface area contributed by atoms with Gasteiger partial charge in [0.25, 0.3) is 5.56 Å². The number of hydrogen-bond donors (Lipinski definition) is 0. The summed E-state index contributed by atoms with van der Waals surface area (Å²) in [7, 11) is 0. The molecule has 4 aromatic rings. The highest BCUT2D eigenvalue weighted by Gasteiger charge is 2.09. The minimum absolute atomic E-state index is 0.151. The van der Waals surface area contributed by atoms with Gasteiger partial charge in [0.1, 0.15) is 0 Å². The summed E-state index contributed by atoms with van der Waals surface area (Å²) >= 11 is 7.24. The number of fused-ring (bicyclic) bond motifs is 1. The Bertz CT molecular complexity index is 1290. The number of anilines is 1. The number of nitrogens with zero attached hydrogens (tertiary/aromatic N) is 4. The fraction of sp³-hybridized carbons (Fsp3) is 0.174. The van der Waals surface area contributed by atoms with Crippen LogP contribution in [0.15, 0.2) is 53.3 Å². The average Bonchev–Trinajstić information content (AvgIpc) is 3.28. The Morgan fingerprint density at radius 3 is 2.30 bits per heavy atom. The first-order valence-corrected chi connectivity index (χ1v) is 11.0. The van der Waals surface area contributed by atoms with Crippen LogP contribution in [0.1, 0.15) is 30.8 Å². The van der Waals surface area contributed by atoms with Crippen molar-refractivity contribution in [3.05, 3.63) is 85.4 Å². The molecule has 0 bridgehead atoms. The summed E-state index contributed by atoms with van der Waals surface area (Å²) in [6.45, 7) is 6.21. The van der Waals surface area contributed by atoms with E-state index in [-0.39, 0.29) is 5.56 Å². The van der Waals surface area contributed by atoms with Crippen LogP contribution in [0.3, 0.4) is 0 Å². The molecule has 2 aromatic heterocycles. The molecule has 0 N–H and O–H groups in total. The number of aromatic nitrogens is 3. The molecule has 5 nitrogen and oxygen atoms in total. The van der Waals surface area contributed by atoms with Gasteiger partial charge in [0, 0.05) is 23.8 Å². The lowest BCUT2D eigenvalue weighted by molar-refractivity contribution is 0.866. The molecule has 152 valence electrons. The van der Waals surface area contributed by atoms with Crippen LogP contribution in [-0.4, -0.2) is 27.7 Å². The molecule has 0 saturated carbocycles. The van der Waals surface area contributed by atoms with Gasteiger partial charge >= 0.3 is 0 Å². The Kier molecular flexibility index (Phi) is 5.97. The van der Waals surface area contributed by atoms with E-state index in [1.807, 2.05) is 48.6 Å². The van der Waals surface area contributed by atoms with Crippen LogP contribution < -0.4 is 15.0 Å². The summed E-state index contributed by atoms with van der Waals surface area (Å²) in [4.78, 5) is 20.0. The van der Waals surface area contributed by atoms with Crippen molar-refractivity contribution in [2.75, 3.05) is 18.0 Å². The van der Waals surface area contributed by atoms with Crippen LogP contribution in [-0.2, 0) is 0 Å². The van der Waals surface area contributed by atoms with Gasteiger partial charge in [0.05, 0.1) is 4.53 Å². The van der Waals surface area contributed by atoms with Crippen LogP contribution in [0, 0.1) is 0 Å². The summed E-state index contributed by atoms with van der Waals surface area (Å²) in [5, 5.41) is 5.02. The summed E-state index contributed by atoms with van der Waals surface area (Å²) in [6.07, 6.45) is 5.57. The van der Waals surface area contributed by atoms with E-state index in [1.165, 1.54) is 21.5 Å². The van der Waals surface area contributed by atoms with E-state index in [1.54, 1.807) is 6.08 Å². The van der Waals surface area contributed by atoms with Crippen LogP contribution in [0.25, 0.3) is 23.2 Å². The lowest BCUT2D eigenvalue weighted by Crippen LogP contribution is -2.23. The maximum Gasteiger partial charge on any atom is 0.291 e. The van der Waals surface area contributed by atoms with E-state index >= 15 is 0 Å². The zero-order valence-corrected chi connectivity index (χ0v) is 18.3. The Morgan fingerprint density at radius 1 is 1.00 bits per heavy atom. The van der Waals surface area contributed by atoms with Crippen molar-refractivity contribution in [3.8, 4) is 0 Å². The molecule has 0 fully saturated rings. The molecule has 0 aliphatic rings. The van der Waals surface area contributed by atoms with Crippen molar-refractivity contribution in [2.45, 2.75) is 13.8 Å². The normalized spacial score (nSPS) is 12.3. The first-order valence-electron chi connectivity index (χ1n) is 9.77. The molecule has 0 atom stereocenters. The maximum atomic E-state index is 12.7. The van der Waals surface area contributed by atoms with Crippen LogP contribution >= 0.6 is 22.9 Å². The SMILES string of the molecule is CCN(CC)c1ccc(/C=c2\sc3nc(/C=C/c4ccc(Cl)cc4)nn3c2=O)cc1. The molecule has 0 spiro atoms. The number of halogens is 1. The molecular formula is C23H21ClN4OS. The maximum absolute atomic E-state index is 12.7. The van der Waals surface area contributed by atoms with Gasteiger partial charge < -0.3 is 4.90 Å². The highest BCUT2D eigenvalue weighted by molar-refractivity contribution is 7.15. The molecule has 2 aromatic carbocycles. The lowest BCUT2D eigenvalue weighted by atomic mass is 10.2. The van der Waals surface area contributed by atoms with Crippen molar-refractivity contribution in [2.24, 2.45) is 0 Å². The fourth-order valence-electron chi connectivity index (χ4n) is 3.19. The van der Waals surface area contributed by atoms with E-state index in [2.05, 4.69) is 41.0 Å². The summed E-state index contributed by atoms with van der Waals surface area (Å²) in [5.41, 5.74) is 3.00. The van der Waals surface area contributed by atoms with Crippen LogP contribution in [0.5, 0.6) is 0 Å². The van der Waals surface area contributed by atoms with Gasteiger partial charge in [-0.3, -0.25) is 4.79 Å². The van der Waals surface area contributed by atoms with Crippen molar-refractivity contribution in [3.63, 3.8) is 0 Å². The fourth-order valence-corrected chi connectivity index (χ4v) is 4.23. The van der Waals surface area contributed by atoms with Crippen LogP contribution in [0.4, 0.5) is 5.69 Å². The number of rotatable bonds is 6. The third kappa shape index (κ3) is 4.30. The second-order valence-corrected chi connectivity index (χ2v) is 8.17. The topological polar surface area (TPSA) is 50.5 Å². The Balaban J connectivity index is 1.59. The zero-order chi connectivity index (χ0) is 21.1. The van der Waals surface area contributed by atoms with E-state index in [0.29, 0.717) is 20.3 Å². The highest BCUT2D eigenvalue weighted by atomic mass is 35.5. The zero-order valence-electron chi connectivity index (χ0n) is 16.7. The summed E-state index contributed by atoms with van der Waals surface area (Å²) in [6, 6.07) is 15.7. The van der Waals surface area contributed by atoms with Gasteiger partial charge in [-0.15, -0.1) is 5.10 Å². The molecule has 2 heterocycles. The second kappa shape index (κ2) is 8.81. The van der Waals surface area contributed by atoms with E-state index in [9.17, 15) is 4.79 Å². The van der Waals surface area contributed by atoms with Crippen molar-refractivity contribution < 1.29 is 0 Å². The number of thiazole rings is 1. The van der Waals surface area contributed by atoms with Gasteiger partial charge in [-0.1, -0.05) is 53.3 Å². The largest absolute Gasteiger partial charge is 0.372 e. The highest BCUT2D eigenvalue weighted by Crippen LogP contribution is 2.16. The Labute approximate surface area is 183 Å². The van der Waals surface area contributed by atoms with Gasteiger partial charge in [-0.05, 0) is 61.4 Å². The third-order valence-corrected chi connectivity index (χ3v) is 6.02. The number of hydrogen-bond acceptors (Lipinski definition) is 5. The molecule has 0 unspecified atom stereocenters. The van der Waals surface area contributed by atoms with Gasteiger partial charge in [-0.25, -0.2) is 0 Å². The Hall–Kier alpha value is -2.96. The smallest absolute Gasteiger partial charge is 0.291 e. The standard InChI is InChI=1S/C23H21ClN4OS/c1-3-27(4-2)19-12-7-17(8-13-19)15-20-22(29)28-23(30-20)25-21(26-28)14-9-16-5-10-18(24)11-6-16/h5-15H,3-4H2,1-2H3/b14-9+,20-15-. The summed E-state index contributed by atoms with van der Waals surface area (Å²) < 4.78 is 1.98. The molecule has 0 aliphatic carbocycles.